The number of hydrogen-bond donors (Lipinski definition) is 0. The minimum absolute atomic E-state index is 0.00612. The van der Waals surface area contributed by atoms with Crippen molar-refractivity contribution in [3.8, 4) is 0 Å². The topological polar surface area (TPSA) is 17.8 Å². The van der Waals surface area contributed by atoms with E-state index in [-0.39, 0.29) is 20.4 Å². The lowest BCUT2D eigenvalue weighted by atomic mass is 10.3. The fourth-order valence-corrected chi connectivity index (χ4v) is 2.51. The average Bonchev–Trinajstić information content (AvgIpc) is 2.68. The predicted octanol–water partition coefficient (Wildman–Crippen LogP) is 4.98. The highest BCUT2D eigenvalue weighted by Crippen LogP contribution is 2.32. The summed E-state index contributed by atoms with van der Waals surface area (Å²) in [4.78, 5) is 4.04. The molecule has 1 aromatic heterocycles. The van der Waals surface area contributed by atoms with Crippen molar-refractivity contribution in [3.63, 3.8) is 0 Å². The molecule has 116 valence electrons. The van der Waals surface area contributed by atoms with Crippen molar-refractivity contribution in [2.24, 2.45) is 0 Å². The number of halogens is 7. The van der Waals surface area contributed by atoms with Crippen molar-refractivity contribution < 1.29 is 22.0 Å². The minimum Gasteiger partial charge on any atom is -0.320 e. The van der Waals surface area contributed by atoms with E-state index in [1.54, 1.807) is 22.6 Å². The predicted molar refractivity (Wildman–Crippen MR) is 77.6 cm³/mol. The molecule has 1 unspecified atom stereocenters. The first-order valence-electron chi connectivity index (χ1n) is 5.78. The lowest BCUT2D eigenvalue weighted by Crippen LogP contribution is -2.32. The summed E-state index contributed by atoms with van der Waals surface area (Å²) in [5.41, 5.74) is 0.240. The van der Waals surface area contributed by atoms with E-state index in [2.05, 4.69) is 4.98 Å². The molecule has 1 aromatic carbocycles. The Morgan fingerprint density at radius 2 is 2.00 bits per heavy atom. The third-order valence-electron chi connectivity index (χ3n) is 2.86. The normalized spacial score (nSPS) is 14.1. The van der Waals surface area contributed by atoms with Gasteiger partial charge in [-0.2, -0.15) is 8.78 Å². The van der Waals surface area contributed by atoms with Gasteiger partial charge >= 0.3 is 12.3 Å². The monoisotopic (exact) mass is 438 g/mol. The average molecular weight is 439 g/mol. The van der Waals surface area contributed by atoms with Gasteiger partial charge in [0.25, 0.3) is 0 Å². The van der Waals surface area contributed by atoms with Crippen LogP contribution in [0.4, 0.5) is 22.0 Å². The van der Waals surface area contributed by atoms with Crippen LogP contribution in [0.2, 0.25) is 0 Å². The summed E-state index contributed by atoms with van der Waals surface area (Å²) in [6, 6.07) is 2.35. The zero-order valence-electron chi connectivity index (χ0n) is 10.6. The van der Waals surface area contributed by atoms with Gasteiger partial charge in [0.05, 0.1) is 26.5 Å². The van der Waals surface area contributed by atoms with E-state index in [9.17, 15) is 22.0 Å². The van der Waals surface area contributed by atoms with E-state index in [0.717, 1.165) is 10.6 Å². The third kappa shape index (κ3) is 3.25. The molecule has 0 spiro atoms. The van der Waals surface area contributed by atoms with E-state index in [1.165, 1.54) is 13.0 Å². The van der Waals surface area contributed by atoms with E-state index >= 15 is 0 Å². The SMILES string of the molecule is CC(Cl)c1nc2cc(I)c(F)cc2n1CC(F)(F)C(F)F. The summed E-state index contributed by atoms with van der Waals surface area (Å²) < 4.78 is 66.1. The van der Waals surface area contributed by atoms with Crippen LogP contribution in [0.25, 0.3) is 11.0 Å². The number of alkyl halides is 5. The molecule has 1 atom stereocenters. The first kappa shape index (κ1) is 16.7. The van der Waals surface area contributed by atoms with Gasteiger partial charge in [0.2, 0.25) is 0 Å². The van der Waals surface area contributed by atoms with E-state index in [4.69, 9.17) is 11.6 Å². The molecule has 2 aromatic rings. The number of fused-ring (bicyclic) bond motifs is 1. The van der Waals surface area contributed by atoms with Crippen LogP contribution in [0, 0.1) is 9.39 Å². The summed E-state index contributed by atoms with van der Waals surface area (Å²) in [6.07, 6.45) is -3.83. The van der Waals surface area contributed by atoms with Gasteiger partial charge in [-0.3, -0.25) is 0 Å². The molecule has 0 aliphatic rings. The number of hydrogen-bond acceptors (Lipinski definition) is 1. The van der Waals surface area contributed by atoms with E-state index in [0.29, 0.717) is 0 Å². The summed E-state index contributed by atoms with van der Waals surface area (Å²) in [5, 5.41) is -0.786. The van der Waals surface area contributed by atoms with Crippen molar-refractivity contribution in [2.45, 2.75) is 31.2 Å². The Morgan fingerprint density at radius 3 is 2.52 bits per heavy atom. The molecule has 0 bridgehead atoms. The first-order chi connectivity index (χ1) is 9.63. The van der Waals surface area contributed by atoms with E-state index < -0.39 is 30.1 Å². The standard InChI is InChI=1S/C12H9ClF5IN2/c1-5(13)10-20-8-3-7(19)6(14)2-9(8)21(10)4-12(17,18)11(15)16/h2-3,5,11H,4H2,1H3. The molecule has 0 aliphatic heterocycles. The second kappa shape index (κ2) is 5.86. The number of rotatable bonds is 4. The van der Waals surface area contributed by atoms with Crippen LogP contribution in [0.15, 0.2) is 12.1 Å². The molecule has 0 fully saturated rings. The Kier molecular flexibility index (Phi) is 4.67. The largest absolute Gasteiger partial charge is 0.324 e. The Hall–Kier alpha value is -0.640. The van der Waals surface area contributed by atoms with Crippen LogP contribution >= 0.6 is 34.2 Å². The Morgan fingerprint density at radius 1 is 1.38 bits per heavy atom. The van der Waals surface area contributed by atoms with Crippen LogP contribution in [0.3, 0.4) is 0 Å². The van der Waals surface area contributed by atoms with Gasteiger partial charge in [-0.1, -0.05) is 0 Å². The maximum atomic E-state index is 13.6. The Balaban J connectivity index is 2.64. The van der Waals surface area contributed by atoms with Gasteiger partial charge in [-0.05, 0) is 35.6 Å². The van der Waals surface area contributed by atoms with Crippen LogP contribution in [-0.4, -0.2) is 21.9 Å². The van der Waals surface area contributed by atoms with Gasteiger partial charge in [-0.15, -0.1) is 11.6 Å². The summed E-state index contributed by atoms with van der Waals surface area (Å²) in [7, 11) is 0. The number of aromatic nitrogens is 2. The fraction of sp³-hybridized carbons (Fsp3) is 0.417. The summed E-state index contributed by atoms with van der Waals surface area (Å²) >= 11 is 7.58. The molecule has 0 saturated carbocycles. The van der Waals surface area contributed by atoms with Gasteiger partial charge in [0.15, 0.2) is 0 Å². The molecule has 0 amide bonds. The Labute approximate surface area is 135 Å². The van der Waals surface area contributed by atoms with Crippen molar-refractivity contribution in [2.75, 3.05) is 0 Å². The second-order valence-electron chi connectivity index (χ2n) is 4.49. The van der Waals surface area contributed by atoms with Crippen LogP contribution in [0.1, 0.15) is 18.1 Å². The first-order valence-corrected chi connectivity index (χ1v) is 7.30. The molecule has 1 heterocycles. The summed E-state index contributed by atoms with van der Waals surface area (Å²) in [6.45, 7) is 0.161. The second-order valence-corrected chi connectivity index (χ2v) is 6.31. The van der Waals surface area contributed by atoms with Crippen LogP contribution in [0.5, 0.6) is 0 Å². The maximum absolute atomic E-state index is 13.6. The molecule has 0 N–H and O–H groups in total. The number of benzene rings is 1. The molecule has 2 rings (SSSR count). The smallest absolute Gasteiger partial charge is 0.320 e. The highest BCUT2D eigenvalue weighted by Gasteiger charge is 2.42. The third-order valence-corrected chi connectivity index (χ3v) is 3.89. The van der Waals surface area contributed by atoms with Gasteiger partial charge in [0.1, 0.15) is 11.6 Å². The number of nitrogens with zero attached hydrogens (tertiary/aromatic N) is 2. The van der Waals surface area contributed by atoms with Crippen LogP contribution in [-0.2, 0) is 6.54 Å². The highest BCUT2D eigenvalue weighted by molar-refractivity contribution is 14.1. The molecule has 0 saturated heterocycles. The minimum atomic E-state index is -4.26. The van der Waals surface area contributed by atoms with Gasteiger partial charge in [-0.25, -0.2) is 18.2 Å². The molecule has 9 heteroatoms. The zero-order valence-corrected chi connectivity index (χ0v) is 13.5. The van der Waals surface area contributed by atoms with Crippen molar-refractivity contribution in [1.29, 1.82) is 0 Å². The molecular formula is C12H9ClF5IN2. The molecule has 0 aliphatic carbocycles. The van der Waals surface area contributed by atoms with Crippen molar-refractivity contribution in [3.05, 3.63) is 27.3 Å². The van der Waals surface area contributed by atoms with Crippen molar-refractivity contribution >= 4 is 45.2 Å². The highest BCUT2D eigenvalue weighted by atomic mass is 127. The zero-order chi connectivity index (χ0) is 15.9. The molecular weight excluding hydrogens is 429 g/mol. The lowest BCUT2D eigenvalue weighted by Gasteiger charge is -2.18. The molecule has 2 nitrogen and oxygen atoms in total. The number of imidazole rings is 1. The summed E-state index contributed by atoms with van der Waals surface area (Å²) in [5.74, 6) is -4.90. The Bertz CT molecular complexity index is 671. The molecule has 0 radical (unpaired) electrons. The van der Waals surface area contributed by atoms with Gasteiger partial charge < -0.3 is 4.57 Å². The quantitative estimate of drug-likeness (QED) is 0.374. The van der Waals surface area contributed by atoms with Gasteiger partial charge in [0, 0.05) is 6.07 Å². The lowest BCUT2D eigenvalue weighted by molar-refractivity contribution is -0.137. The fourth-order valence-electron chi connectivity index (χ4n) is 1.89. The maximum Gasteiger partial charge on any atom is 0.324 e. The molecule has 21 heavy (non-hydrogen) atoms. The van der Waals surface area contributed by atoms with E-state index in [1.807, 2.05) is 0 Å². The van der Waals surface area contributed by atoms with Crippen LogP contribution < -0.4 is 0 Å². The van der Waals surface area contributed by atoms with Crippen molar-refractivity contribution in [1.82, 2.24) is 9.55 Å².